The largest absolute Gasteiger partial charge is 0.505 e. The van der Waals surface area contributed by atoms with E-state index in [0.29, 0.717) is 21.8 Å². The molecule has 8 nitrogen and oxygen atoms in total. The maximum absolute atomic E-state index is 13.3. The van der Waals surface area contributed by atoms with E-state index in [1.54, 1.807) is 31.2 Å². The molecule has 5 rings (SSSR count). The Morgan fingerprint density at radius 2 is 1.81 bits per heavy atom. The zero-order valence-electron chi connectivity index (χ0n) is 21.3. The van der Waals surface area contributed by atoms with Gasteiger partial charge in [0.15, 0.2) is 5.71 Å². The average Bonchev–Trinajstić information content (AvgIpc) is 3.47. The lowest BCUT2D eigenvalue weighted by atomic mass is 9.82. The Balaban J connectivity index is 1.41. The van der Waals surface area contributed by atoms with Gasteiger partial charge in [0.2, 0.25) is 0 Å². The molecule has 0 unspecified atom stereocenters. The summed E-state index contributed by atoms with van der Waals surface area (Å²) >= 11 is 1.06. The highest BCUT2D eigenvalue weighted by atomic mass is 32.1. The van der Waals surface area contributed by atoms with E-state index in [0.717, 1.165) is 17.8 Å². The highest BCUT2D eigenvalue weighted by Crippen LogP contribution is 2.50. The number of carbonyl (C=O) groups excluding carboxylic acids is 1. The van der Waals surface area contributed by atoms with E-state index >= 15 is 0 Å². The lowest BCUT2D eigenvalue weighted by Gasteiger charge is -2.22. The van der Waals surface area contributed by atoms with Gasteiger partial charge in [-0.25, -0.2) is 4.79 Å². The van der Waals surface area contributed by atoms with Crippen LogP contribution in [0.2, 0.25) is 0 Å². The predicted octanol–water partition coefficient (Wildman–Crippen LogP) is 5.97. The summed E-state index contributed by atoms with van der Waals surface area (Å²) in [5, 5.41) is 30.1. The molecule has 2 heterocycles. The summed E-state index contributed by atoms with van der Waals surface area (Å²) in [5.74, 6) is -1.47. The number of fused-ring (bicyclic) bond motifs is 1. The number of para-hydroxylation sites is 1. The van der Waals surface area contributed by atoms with Crippen LogP contribution in [-0.2, 0) is 15.6 Å². The maximum atomic E-state index is 13.3. The second kappa shape index (κ2) is 8.55. The van der Waals surface area contributed by atoms with E-state index in [1.807, 2.05) is 6.07 Å². The van der Waals surface area contributed by atoms with E-state index in [9.17, 15) is 19.8 Å². The van der Waals surface area contributed by atoms with Crippen molar-refractivity contribution in [2.45, 2.75) is 51.9 Å². The van der Waals surface area contributed by atoms with E-state index < -0.39 is 5.97 Å². The van der Waals surface area contributed by atoms with Crippen LogP contribution < -0.4 is 10.4 Å². The number of aromatic carboxylic acids is 1. The van der Waals surface area contributed by atoms with Gasteiger partial charge in [0.05, 0.1) is 17.1 Å². The number of nitrogens with one attached hydrogen (secondary N) is 1. The fourth-order valence-electron chi connectivity index (χ4n) is 5.46. The van der Waals surface area contributed by atoms with E-state index in [4.69, 9.17) is 0 Å². The molecule has 0 radical (unpaired) electrons. The molecule has 0 saturated heterocycles. The lowest BCUT2D eigenvalue weighted by Crippen LogP contribution is -2.28. The SMILES string of the molecule is CC1=NN(c2ccc3c(c2)C(C)(C)CC3(C)C)C(=O)/C1=N\Nc1cccc(-c2ccc(C(=O)O)s2)c1O. The van der Waals surface area contributed by atoms with Crippen LogP contribution in [0.15, 0.2) is 58.7 Å². The zero-order chi connectivity index (χ0) is 26.7. The van der Waals surface area contributed by atoms with E-state index in [1.165, 1.54) is 22.2 Å². The summed E-state index contributed by atoms with van der Waals surface area (Å²) in [6.45, 7) is 10.7. The molecule has 2 aliphatic rings. The maximum Gasteiger partial charge on any atom is 0.345 e. The molecule has 2 aromatic carbocycles. The van der Waals surface area contributed by atoms with Crippen molar-refractivity contribution in [3.63, 3.8) is 0 Å². The quantitative estimate of drug-likeness (QED) is 0.286. The number of aromatic hydroxyl groups is 1. The third-order valence-corrected chi connectivity index (χ3v) is 8.09. The molecule has 0 atom stereocenters. The molecule has 9 heteroatoms. The molecule has 1 amide bonds. The van der Waals surface area contributed by atoms with Gasteiger partial charge in [0.25, 0.3) is 0 Å². The molecule has 0 spiro atoms. The molecule has 0 fully saturated rings. The highest BCUT2D eigenvalue weighted by Gasteiger charge is 2.42. The van der Waals surface area contributed by atoms with Crippen LogP contribution in [0.5, 0.6) is 5.75 Å². The minimum Gasteiger partial charge on any atom is -0.505 e. The topological polar surface area (TPSA) is 115 Å². The van der Waals surface area contributed by atoms with Crippen LogP contribution >= 0.6 is 11.3 Å². The normalized spacial score (nSPS) is 18.7. The molecule has 1 aliphatic carbocycles. The Bertz CT molecular complexity index is 1520. The summed E-state index contributed by atoms with van der Waals surface area (Å²) in [7, 11) is 0. The molecule has 3 aromatic rings. The van der Waals surface area contributed by atoms with Crippen molar-refractivity contribution in [3.8, 4) is 16.2 Å². The van der Waals surface area contributed by atoms with Gasteiger partial charge in [0, 0.05) is 10.4 Å². The first kappa shape index (κ1) is 24.7. The Hall–Kier alpha value is -3.98. The average molecular weight is 517 g/mol. The number of hydrazone groups is 2. The molecule has 3 N–H and O–H groups in total. The fourth-order valence-corrected chi connectivity index (χ4v) is 6.33. The van der Waals surface area contributed by atoms with Gasteiger partial charge < -0.3 is 10.2 Å². The van der Waals surface area contributed by atoms with Gasteiger partial charge in [-0.05, 0) is 71.7 Å². The van der Waals surface area contributed by atoms with Gasteiger partial charge >= 0.3 is 11.9 Å². The van der Waals surface area contributed by atoms with Crippen LogP contribution in [0.3, 0.4) is 0 Å². The van der Waals surface area contributed by atoms with Crippen LogP contribution in [-0.4, -0.2) is 33.5 Å². The third-order valence-electron chi connectivity index (χ3n) is 6.98. The molecule has 0 bridgehead atoms. The van der Waals surface area contributed by atoms with E-state index in [2.05, 4.69) is 55.5 Å². The summed E-state index contributed by atoms with van der Waals surface area (Å²) in [5.41, 5.74) is 7.41. The van der Waals surface area contributed by atoms with Gasteiger partial charge in [-0.2, -0.15) is 15.2 Å². The second-order valence-corrected chi connectivity index (χ2v) is 11.8. The first-order valence-electron chi connectivity index (χ1n) is 11.9. The van der Waals surface area contributed by atoms with Crippen molar-refractivity contribution >= 4 is 46.0 Å². The summed E-state index contributed by atoms with van der Waals surface area (Å²) < 4.78 is 0. The molecule has 1 aliphatic heterocycles. The van der Waals surface area contributed by atoms with Crippen molar-refractivity contribution in [3.05, 3.63) is 64.5 Å². The Kier molecular flexibility index (Phi) is 5.71. The smallest absolute Gasteiger partial charge is 0.345 e. The van der Waals surface area contributed by atoms with Gasteiger partial charge in [-0.1, -0.05) is 39.8 Å². The van der Waals surface area contributed by atoms with Crippen molar-refractivity contribution in [2.24, 2.45) is 10.2 Å². The molecular weight excluding hydrogens is 488 g/mol. The number of hydrogen-bond acceptors (Lipinski definition) is 7. The Morgan fingerprint density at radius 3 is 2.51 bits per heavy atom. The molecule has 0 saturated carbocycles. The lowest BCUT2D eigenvalue weighted by molar-refractivity contribution is -0.112. The second-order valence-electron chi connectivity index (χ2n) is 10.7. The summed E-state index contributed by atoms with van der Waals surface area (Å²) in [6.07, 6.45) is 1.03. The van der Waals surface area contributed by atoms with Crippen molar-refractivity contribution in [2.75, 3.05) is 10.4 Å². The number of rotatable bonds is 5. The molecule has 1 aromatic heterocycles. The highest BCUT2D eigenvalue weighted by molar-refractivity contribution is 7.17. The number of thiophene rings is 1. The first-order valence-corrected chi connectivity index (χ1v) is 12.7. The van der Waals surface area contributed by atoms with E-state index in [-0.39, 0.29) is 38.8 Å². The van der Waals surface area contributed by atoms with Crippen molar-refractivity contribution < 1.29 is 19.8 Å². The Morgan fingerprint density at radius 1 is 1.08 bits per heavy atom. The van der Waals surface area contributed by atoms with Crippen LogP contribution in [0, 0.1) is 0 Å². The molecular formula is C28H28N4O4S. The van der Waals surface area contributed by atoms with Gasteiger partial charge in [-0.15, -0.1) is 11.3 Å². The number of amides is 1. The predicted molar refractivity (Wildman–Crippen MR) is 147 cm³/mol. The number of carboxylic acid groups (broad SMARTS) is 1. The number of benzene rings is 2. The van der Waals surface area contributed by atoms with Crippen LogP contribution in [0.1, 0.15) is 61.8 Å². The number of phenols is 1. The van der Waals surface area contributed by atoms with Crippen molar-refractivity contribution in [1.82, 2.24) is 0 Å². The first-order chi connectivity index (χ1) is 17.4. The number of nitrogens with zero attached hydrogens (tertiary/aromatic N) is 3. The minimum atomic E-state index is -1.02. The fraction of sp³-hybridized carbons (Fsp3) is 0.286. The number of hydrogen-bond donors (Lipinski definition) is 3. The van der Waals surface area contributed by atoms with Gasteiger partial charge in [0.1, 0.15) is 10.6 Å². The summed E-state index contributed by atoms with van der Waals surface area (Å²) in [6, 6.07) is 14.2. The number of carbonyl (C=O) groups is 2. The molecule has 37 heavy (non-hydrogen) atoms. The summed E-state index contributed by atoms with van der Waals surface area (Å²) in [4.78, 5) is 25.3. The monoisotopic (exact) mass is 516 g/mol. The number of carboxylic acids is 1. The Labute approximate surface area is 219 Å². The van der Waals surface area contributed by atoms with Gasteiger partial charge in [-0.3, -0.25) is 10.2 Å². The standard InChI is InChI=1S/C28H28N4O4S/c1-15-23(30-29-20-8-6-7-17(24(20)33)21-11-12-22(37-21)26(35)36)25(34)32(31-15)16-9-10-18-19(13-16)28(4,5)14-27(18,2)3/h6-13,29,33H,14H2,1-5H3,(H,35,36)/b30-23-. The third kappa shape index (κ3) is 4.19. The number of phenolic OH excluding ortho intramolecular Hbond substituents is 1. The molecule has 190 valence electrons. The van der Waals surface area contributed by atoms with Crippen LogP contribution in [0.25, 0.3) is 10.4 Å². The number of anilines is 2. The van der Waals surface area contributed by atoms with Crippen molar-refractivity contribution in [1.29, 1.82) is 0 Å². The van der Waals surface area contributed by atoms with Crippen LogP contribution in [0.4, 0.5) is 11.4 Å². The minimum absolute atomic E-state index is 0.00874. The zero-order valence-corrected chi connectivity index (χ0v) is 22.1.